The summed E-state index contributed by atoms with van der Waals surface area (Å²) in [5, 5.41) is 9.93. The molecular formula is C20H27NO2S. The molecule has 0 saturated carbocycles. The first-order valence-electron chi connectivity index (χ1n) is 8.30. The second kappa shape index (κ2) is 7.58. The summed E-state index contributed by atoms with van der Waals surface area (Å²) < 4.78 is 0. The van der Waals surface area contributed by atoms with E-state index in [1.54, 1.807) is 0 Å². The molecular weight excluding hydrogens is 318 g/mol. The van der Waals surface area contributed by atoms with Gasteiger partial charge in [-0.2, -0.15) is 0 Å². The number of carboxylic acids is 1. The van der Waals surface area contributed by atoms with E-state index >= 15 is 0 Å². The molecule has 1 aromatic rings. The van der Waals surface area contributed by atoms with Crippen LogP contribution in [0.2, 0.25) is 0 Å². The first kappa shape index (κ1) is 18.8. The molecule has 1 aliphatic rings. The normalized spacial score (nSPS) is 18.0. The standard InChI is InChI=1S/C20H27NO2S/c1-13-7-8-16(15(10-13)12-21)18(24-4)17(19(22)23)14-6-5-9-20(2,3)11-14/h6-8,10H,5,9,11-12,21H2,1-4H3,(H,22,23)/b18-17+. The SMILES string of the molecule is CS/C(=C(/C(=O)O)C1=CCCC(C)(C)C1)c1ccc(C)cc1CN. The smallest absolute Gasteiger partial charge is 0.337 e. The largest absolute Gasteiger partial charge is 0.478 e. The molecule has 0 fully saturated rings. The topological polar surface area (TPSA) is 63.3 Å². The van der Waals surface area contributed by atoms with Gasteiger partial charge in [-0.1, -0.05) is 43.7 Å². The summed E-state index contributed by atoms with van der Waals surface area (Å²) in [6.07, 6.45) is 6.85. The molecule has 0 amide bonds. The highest BCUT2D eigenvalue weighted by Gasteiger charge is 2.29. The maximum Gasteiger partial charge on any atom is 0.337 e. The minimum absolute atomic E-state index is 0.137. The number of thioether (sulfide) groups is 1. The summed E-state index contributed by atoms with van der Waals surface area (Å²) in [5.74, 6) is -0.855. The minimum Gasteiger partial charge on any atom is -0.478 e. The Hall–Kier alpha value is -1.52. The summed E-state index contributed by atoms with van der Waals surface area (Å²) in [6.45, 7) is 6.83. The van der Waals surface area contributed by atoms with Crippen LogP contribution in [-0.2, 0) is 11.3 Å². The number of nitrogens with two attached hydrogens (primary N) is 1. The van der Waals surface area contributed by atoms with Gasteiger partial charge in [0.2, 0.25) is 0 Å². The summed E-state index contributed by atoms with van der Waals surface area (Å²) in [4.78, 5) is 12.9. The van der Waals surface area contributed by atoms with Crippen molar-refractivity contribution < 1.29 is 9.90 Å². The van der Waals surface area contributed by atoms with E-state index in [1.807, 2.05) is 31.4 Å². The van der Waals surface area contributed by atoms with Crippen molar-refractivity contribution in [1.29, 1.82) is 0 Å². The number of hydrogen-bond donors (Lipinski definition) is 2. The first-order valence-corrected chi connectivity index (χ1v) is 9.52. The number of rotatable bonds is 5. The summed E-state index contributed by atoms with van der Waals surface area (Å²) in [7, 11) is 0. The second-order valence-corrected chi connectivity index (χ2v) is 8.00. The summed E-state index contributed by atoms with van der Waals surface area (Å²) in [5.41, 5.74) is 10.5. The van der Waals surface area contributed by atoms with E-state index in [1.165, 1.54) is 11.8 Å². The van der Waals surface area contributed by atoms with Crippen LogP contribution in [0.4, 0.5) is 0 Å². The van der Waals surface area contributed by atoms with Crippen LogP contribution >= 0.6 is 11.8 Å². The van der Waals surface area contributed by atoms with E-state index in [0.29, 0.717) is 12.1 Å². The van der Waals surface area contributed by atoms with Gasteiger partial charge in [0.15, 0.2) is 0 Å². The predicted octanol–water partition coefficient (Wildman–Crippen LogP) is 4.75. The number of hydrogen-bond acceptors (Lipinski definition) is 3. The van der Waals surface area contributed by atoms with Gasteiger partial charge in [-0.15, -0.1) is 11.8 Å². The lowest BCUT2D eigenvalue weighted by atomic mass is 9.75. The Morgan fingerprint density at radius 3 is 2.62 bits per heavy atom. The van der Waals surface area contributed by atoms with Gasteiger partial charge in [-0.05, 0) is 54.6 Å². The van der Waals surface area contributed by atoms with Crippen molar-refractivity contribution in [3.63, 3.8) is 0 Å². The van der Waals surface area contributed by atoms with Crippen LogP contribution in [-0.4, -0.2) is 17.3 Å². The molecule has 0 bridgehead atoms. The zero-order valence-electron chi connectivity index (χ0n) is 15.0. The van der Waals surface area contributed by atoms with Crippen molar-refractivity contribution in [3.05, 3.63) is 52.1 Å². The molecule has 24 heavy (non-hydrogen) atoms. The number of allylic oxidation sites excluding steroid dienone is 1. The zero-order valence-corrected chi connectivity index (χ0v) is 15.8. The fourth-order valence-electron chi connectivity index (χ4n) is 3.34. The van der Waals surface area contributed by atoms with Crippen LogP contribution in [0.15, 0.2) is 35.4 Å². The van der Waals surface area contributed by atoms with Gasteiger partial charge in [0.05, 0.1) is 5.57 Å². The molecule has 3 N–H and O–H groups in total. The van der Waals surface area contributed by atoms with Crippen molar-refractivity contribution >= 4 is 22.6 Å². The maximum atomic E-state index is 12.1. The van der Waals surface area contributed by atoms with Gasteiger partial charge >= 0.3 is 5.97 Å². The average Bonchev–Trinajstić information content (AvgIpc) is 2.51. The number of carbonyl (C=O) groups is 1. The predicted molar refractivity (Wildman–Crippen MR) is 103 cm³/mol. The van der Waals surface area contributed by atoms with Crippen molar-refractivity contribution in [2.24, 2.45) is 11.1 Å². The van der Waals surface area contributed by atoms with Crippen LogP contribution in [0.5, 0.6) is 0 Å². The van der Waals surface area contributed by atoms with Gasteiger partial charge in [0.25, 0.3) is 0 Å². The molecule has 0 aliphatic heterocycles. The van der Waals surface area contributed by atoms with E-state index in [4.69, 9.17) is 5.73 Å². The molecule has 130 valence electrons. The Labute approximate surface area is 149 Å². The summed E-state index contributed by atoms with van der Waals surface area (Å²) in [6, 6.07) is 6.06. The van der Waals surface area contributed by atoms with E-state index in [9.17, 15) is 9.90 Å². The zero-order chi connectivity index (χ0) is 17.9. The highest BCUT2D eigenvalue weighted by molar-refractivity contribution is 8.07. The lowest BCUT2D eigenvalue weighted by Gasteiger charge is -2.30. The fourth-order valence-corrected chi connectivity index (χ4v) is 4.19. The Balaban J connectivity index is 2.65. The molecule has 0 atom stereocenters. The molecule has 0 heterocycles. The molecule has 1 aliphatic carbocycles. The minimum atomic E-state index is -0.855. The molecule has 3 nitrogen and oxygen atoms in total. The van der Waals surface area contributed by atoms with Crippen LogP contribution in [0, 0.1) is 12.3 Å². The number of aryl methyl sites for hydroxylation is 1. The molecule has 0 aromatic heterocycles. The van der Waals surface area contributed by atoms with Crippen molar-refractivity contribution in [1.82, 2.24) is 0 Å². The van der Waals surface area contributed by atoms with E-state index in [0.717, 1.165) is 46.4 Å². The third-order valence-corrected chi connectivity index (χ3v) is 5.40. The Morgan fingerprint density at radius 2 is 2.08 bits per heavy atom. The van der Waals surface area contributed by atoms with Crippen LogP contribution in [0.1, 0.15) is 49.8 Å². The van der Waals surface area contributed by atoms with Crippen LogP contribution in [0.25, 0.3) is 4.91 Å². The number of carboxylic acid groups (broad SMARTS) is 1. The molecule has 4 heteroatoms. The van der Waals surface area contributed by atoms with Crippen molar-refractivity contribution in [2.75, 3.05) is 6.26 Å². The second-order valence-electron chi connectivity index (χ2n) is 7.19. The maximum absolute atomic E-state index is 12.1. The molecule has 0 unspecified atom stereocenters. The Bertz CT molecular complexity index is 702. The molecule has 0 radical (unpaired) electrons. The van der Waals surface area contributed by atoms with Crippen molar-refractivity contribution in [3.8, 4) is 0 Å². The highest BCUT2D eigenvalue weighted by Crippen LogP contribution is 2.42. The van der Waals surface area contributed by atoms with Gasteiger partial charge < -0.3 is 10.8 Å². The lowest BCUT2D eigenvalue weighted by Crippen LogP contribution is -2.19. The third kappa shape index (κ3) is 4.11. The number of benzene rings is 1. The Kier molecular flexibility index (Phi) is 5.94. The fraction of sp³-hybridized carbons (Fsp3) is 0.450. The third-order valence-electron chi connectivity index (χ3n) is 4.57. The molecule has 1 aromatic carbocycles. The monoisotopic (exact) mass is 345 g/mol. The average molecular weight is 346 g/mol. The summed E-state index contributed by atoms with van der Waals surface area (Å²) >= 11 is 1.49. The van der Waals surface area contributed by atoms with Crippen LogP contribution in [0.3, 0.4) is 0 Å². The van der Waals surface area contributed by atoms with Gasteiger partial charge in [0.1, 0.15) is 0 Å². The van der Waals surface area contributed by atoms with E-state index < -0.39 is 5.97 Å². The lowest BCUT2D eigenvalue weighted by molar-refractivity contribution is -0.132. The molecule has 0 spiro atoms. The Morgan fingerprint density at radius 1 is 1.38 bits per heavy atom. The van der Waals surface area contributed by atoms with E-state index in [-0.39, 0.29) is 5.41 Å². The van der Waals surface area contributed by atoms with E-state index in [2.05, 4.69) is 19.9 Å². The molecule has 2 rings (SSSR count). The first-order chi connectivity index (χ1) is 11.3. The van der Waals surface area contributed by atoms with Crippen molar-refractivity contribution in [2.45, 2.75) is 46.6 Å². The van der Waals surface area contributed by atoms with Gasteiger partial charge in [-0.3, -0.25) is 0 Å². The van der Waals surface area contributed by atoms with Gasteiger partial charge in [0, 0.05) is 11.4 Å². The highest BCUT2D eigenvalue weighted by atomic mass is 32.2. The molecule has 0 saturated heterocycles. The van der Waals surface area contributed by atoms with Crippen LogP contribution < -0.4 is 5.73 Å². The number of aliphatic carboxylic acids is 1. The van der Waals surface area contributed by atoms with Gasteiger partial charge in [-0.25, -0.2) is 4.79 Å². The quantitative estimate of drug-likeness (QED) is 0.756.